The van der Waals surface area contributed by atoms with Gasteiger partial charge >= 0.3 is 6.09 Å². The number of fused-ring (bicyclic) bond motifs is 1. The molecule has 1 atom stereocenters. The van der Waals surface area contributed by atoms with Crippen LogP contribution in [0.4, 0.5) is 10.6 Å². The van der Waals surface area contributed by atoms with Crippen LogP contribution in [-0.2, 0) is 4.74 Å². The molecule has 1 fully saturated rings. The van der Waals surface area contributed by atoms with Crippen molar-refractivity contribution < 1.29 is 14.6 Å². The maximum Gasteiger partial charge on any atom is 0.409 e. The smallest absolute Gasteiger partial charge is 0.409 e. The van der Waals surface area contributed by atoms with E-state index in [-0.39, 0.29) is 23.3 Å². The van der Waals surface area contributed by atoms with Crippen molar-refractivity contribution in [1.29, 1.82) is 0 Å². The SMILES string of the molecule is Cc1ccc2c(N3CC[C@H](N(C)C(=O)OCC(C)(C)C)C3)nc(-c3ccccc3O)nc2c1. The molecule has 1 amide bonds. The standard InChI is InChI=1S/C26H32N4O3/c1-17-10-11-19-21(14-17)27-23(20-8-6-7-9-22(20)31)28-24(19)30-13-12-18(15-30)29(5)25(32)33-16-26(2,3)4/h6-11,14,18,31H,12-13,15-16H2,1-5H3/t18-/m0/s1. The van der Waals surface area contributed by atoms with E-state index >= 15 is 0 Å². The number of para-hydroxylation sites is 1. The highest BCUT2D eigenvalue weighted by molar-refractivity contribution is 5.92. The first-order valence-electron chi connectivity index (χ1n) is 11.3. The predicted octanol–water partition coefficient (Wildman–Crippen LogP) is 5.00. The van der Waals surface area contributed by atoms with E-state index in [0.717, 1.165) is 35.2 Å². The molecule has 1 aromatic heterocycles. The van der Waals surface area contributed by atoms with Gasteiger partial charge in [0.2, 0.25) is 0 Å². The summed E-state index contributed by atoms with van der Waals surface area (Å²) in [5.74, 6) is 1.45. The average molecular weight is 449 g/mol. The third-order valence-corrected chi connectivity index (χ3v) is 5.90. The lowest BCUT2D eigenvalue weighted by atomic mass is 9.99. The average Bonchev–Trinajstić information content (AvgIpc) is 3.26. The molecule has 33 heavy (non-hydrogen) atoms. The van der Waals surface area contributed by atoms with Gasteiger partial charge in [0.15, 0.2) is 5.82 Å². The number of amides is 1. The van der Waals surface area contributed by atoms with Gasteiger partial charge in [-0.2, -0.15) is 0 Å². The van der Waals surface area contributed by atoms with Gasteiger partial charge in [-0.05, 0) is 48.6 Å². The molecule has 1 N–H and O–H groups in total. The van der Waals surface area contributed by atoms with Crippen molar-refractivity contribution in [3.05, 3.63) is 48.0 Å². The number of phenolic OH excluding ortho intramolecular Hbond substituents is 1. The maximum atomic E-state index is 12.6. The van der Waals surface area contributed by atoms with Crippen molar-refractivity contribution in [2.24, 2.45) is 5.41 Å². The van der Waals surface area contributed by atoms with Gasteiger partial charge in [0.1, 0.15) is 11.6 Å². The van der Waals surface area contributed by atoms with Gasteiger partial charge in [-0.1, -0.05) is 39.0 Å². The van der Waals surface area contributed by atoms with Crippen molar-refractivity contribution in [3.63, 3.8) is 0 Å². The quantitative estimate of drug-likeness (QED) is 0.605. The molecule has 2 aromatic carbocycles. The molecule has 0 aliphatic carbocycles. The highest BCUT2D eigenvalue weighted by atomic mass is 16.6. The minimum Gasteiger partial charge on any atom is -0.507 e. The van der Waals surface area contributed by atoms with Gasteiger partial charge in [-0.3, -0.25) is 0 Å². The number of aromatic nitrogens is 2. The van der Waals surface area contributed by atoms with Crippen LogP contribution in [0.15, 0.2) is 42.5 Å². The lowest BCUT2D eigenvalue weighted by molar-refractivity contribution is 0.0705. The summed E-state index contributed by atoms with van der Waals surface area (Å²) >= 11 is 0. The highest BCUT2D eigenvalue weighted by Gasteiger charge is 2.31. The van der Waals surface area contributed by atoms with E-state index in [4.69, 9.17) is 14.7 Å². The van der Waals surface area contributed by atoms with Crippen LogP contribution in [0.5, 0.6) is 5.75 Å². The van der Waals surface area contributed by atoms with Crippen LogP contribution in [0.3, 0.4) is 0 Å². The van der Waals surface area contributed by atoms with Crippen LogP contribution in [0.1, 0.15) is 32.8 Å². The van der Waals surface area contributed by atoms with Crippen LogP contribution in [0, 0.1) is 12.3 Å². The minimum absolute atomic E-state index is 0.0292. The first-order valence-corrected chi connectivity index (χ1v) is 11.3. The number of hydrogen-bond acceptors (Lipinski definition) is 6. The van der Waals surface area contributed by atoms with Gasteiger partial charge in [0.05, 0.1) is 23.7 Å². The summed E-state index contributed by atoms with van der Waals surface area (Å²) in [4.78, 5) is 26.1. The molecule has 7 nitrogen and oxygen atoms in total. The van der Waals surface area contributed by atoms with Gasteiger partial charge in [-0.25, -0.2) is 14.8 Å². The van der Waals surface area contributed by atoms with Crippen LogP contribution < -0.4 is 4.90 Å². The molecule has 1 aliphatic rings. The number of ether oxygens (including phenoxy) is 1. The largest absolute Gasteiger partial charge is 0.507 e. The summed E-state index contributed by atoms with van der Waals surface area (Å²) in [7, 11) is 1.80. The Balaban J connectivity index is 1.63. The summed E-state index contributed by atoms with van der Waals surface area (Å²) in [6, 6.07) is 13.3. The van der Waals surface area contributed by atoms with E-state index in [9.17, 15) is 9.90 Å². The first kappa shape index (κ1) is 22.8. The molecule has 3 aromatic rings. The molecule has 0 unspecified atom stereocenters. The Hall–Kier alpha value is -3.35. The molecule has 4 rings (SSSR count). The Bertz CT molecular complexity index is 1170. The fourth-order valence-corrected chi connectivity index (χ4v) is 4.03. The summed E-state index contributed by atoms with van der Waals surface area (Å²) < 4.78 is 5.51. The normalized spacial score (nSPS) is 16.3. The molecule has 0 bridgehead atoms. The fourth-order valence-electron chi connectivity index (χ4n) is 4.03. The number of carbonyl (C=O) groups is 1. The summed E-state index contributed by atoms with van der Waals surface area (Å²) in [5, 5.41) is 11.3. The lowest BCUT2D eigenvalue weighted by Gasteiger charge is -2.27. The van der Waals surface area contributed by atoms with Gasteiger partial charge in [-0.15, -0.1) is 0 Å². The lowest BCUT2D eigenvalue weighted by Crippen LogP contribution is -2.40. The van der Waals surface area contributed by atoms with E-state index in [1.165, 1.54) is 0 Å². The second-order valence-electron chi connectivity index (χ2n) is 10.0. The van der Waals surface area contributed by atoms with Crippen molar-refractivity contribution in [2.45, 2.75) is 40.2 Å². The van der Waals surface area contributed by atoms with Crippen molar-refractivity contribution in [2.75, 3.05) is 31.6 Å². The van der Waals surface area contributed by atoms with Crippen molar-refractivity contribution >= 4 is 22.8 Å². The molecular weight excluding hydrogens is 416 g/mol. The Morgan fingerprint density at radius 2 is 1.97 bits per heavy atom. The van der Waals surface area contributed by atoms with Gasteiger partial charge in [0, 0.05) is 25.5 Å². The summed E-state index contributed by atoms with van der Waals surface area (Å²) in [6.07, 6.45) is 0.527. The monoisotopic (exact) mass is 448 g/mol. The number of aryl methyl sites for hydroxylation is 1. The number of likely N-dealkylation sites (N-methyl/N-ethyl adjacent to an activating group) is 1. The second kappa shape index (κ2) is 8.89. The number of carbonyl (C=O) groups excluding carboxylic acids is 1. The van der Waals surface area contributed by atoms with Crippen molar-refractivity contribution in [3.8, 4) is 17.1 Å². The Kier molecular flexibility index (Phi) is 6.15. The summed E-state index contributed by atoms with van der Waals surface area (Å²) in [6.45, 7) is 9.96. The van der Waals surface area contributed by atoms with Gasteiger partial charge in [0.25, 0.3) is 0 Å². The number of benzene rings is 2. The third-order valence-electron chi connectivity index (χ3n) is 5.90. The summed E-state index contributed by atoms with van der Waals surface area (Å²) in [5.41, 5.74) is 2.46. The topological polar surface area (TPSA) is 78.8 Å². The molecule has 0 spiro atoms. The second-order valence-corrected chi connectivity index (χ2v) is 10.0. The number of anilines is 1. The molecule has 1 saturated heterocycles. The molecule has 174 valence electrons. The first-order chi connectivity index (χ1) is 15.6. The van der Waals surface area contributed by atoms with Crippen LogP contribution in [0.25, 0.3) is 22.3 Å². The van der Waals surface area contributed by atoms with Crippen molar-refractivity contribution in [1.82, 2.24) is 14.9 Å². The number of aromatic hydroxyl groups is 1. The molecule has 0 radical (unpaired) electrons. The van der Waals surface area contributed by atoms with E-state index in [0.29, 0.717) is 24.5 Å². The minimum atomic E-state index is -0.296. The van der Waals surface area contributed by atoms with E-state index in [1.807, 2.05) is 52.0 Å². The molecule has 2 heterocycles. The number of nitrogens with zero attached hydrogens (tertiary/aromatic N) is 4. The Morgan fingerprint density at radius 3 is 2.70 bits per heavy atom. The fraction of sp³-hybridized carbons (Fsp3) is 0.423. The molecule has 1 aliphatic heterocycles. The van der Waals surface area contributed by atoms with Crippen LogP contribution >= 0.6 is 0 Å². The molecular formula is C26H32N4O3. The number of phenols is 1. The predicted molar refractivity (Wildman–Crippen MR) is 131 cm³/mol. The van der Waals surface area contributed by atoms with E-state index < -0.39 is 0 Å². The van der Waals surface area contributed by atoms with Crippen LogP contribution in [0.2, 0.25) is 0 Å². The third kappa shape index (κ3) is 5.02. The zero-order valence-corrected chi connectivity index (χ0v) is 20.0. The van der Waals surface area contributed by atoms with E-state index in [1.54, 1.807) is 24.1 Å². The number of rotatable bonds is 4. The van der Waals surface area contributed by atoms with Gasteiger partial charge < -0.3 is 19.6 Å². The van der Waals surface area contributed by atoms with E-state index in [2.05, 4.69) is 11.0 Å². The molecule has 0 saturated carbocycles. The zero-order chi connectivity index (χ0) is 23.8. The number of hydrogen-bond donors (Lipinski definition) is 1. The highest BCUT2D eigenvalue weighted by Crippen LogP contribution is 2.33. The Labute approximate surface area is 195 Å². The zero-order valence-electron chi connectivity index (χ0n) is 20.0. The van der Waals surface area contributed by atoms with Crippen LogP contribution in [-0.4, -0.2) is 58.9 Å². The maximum absolute atomic E-state index is 12.6. The Morgan fingerprint density at radius 1 is 1.21 bits per heavy atom. The molecule has 7 heteroatoms.